The Labute approximate surface area is 158 Å². The SMILES string of the molecule is Cc1cccc(OCc2csc(C(=O)Nc3ccc(C(C)C)cc3)c2)c1. The van der Waals surface area contributed by atoms with Gasteiger partial charge in [-0.15, -0.1) is 11.3 Å². The van der Waals surface area contributed by atoms with E-state index in [0.29, 0.717) is 17.4 Å². The lowest BCUT2D eigenvalue weighted by molar-refractivity contribution is 0.103. The predicted molar refractivity (Wildman–Crippen MR) is 108 cm³/mol. The molecule has 0 aliphatic carbocycles. The number of benzene rings is 2. The Morgan fingerprint density at radius 2 is 1.88 bits per heavy atom. The summed E-state index contributed by atoms with van der Waals surface area (Å²) in [5.74, 6) is 1.23. The van der Waals surface area contributed by atoms with E-state index in [-0.39, 0.29) is 5.91 Å². The van der Waals surface area contributed by atoms with Gasteiger partial charge < -0.3 is 10.1 Å². The van der Waals surface area contributed by atoms with E-state index >= 15 is 0 Å². The Morgan fingerprint density at radius 3 is 2.58 bits per heavy atom. The van der Waals surface area contributed by atoms with Gasteiger partial charge in [0.05, 0.1) is 4.88 Å². The maximum Gasteiger partial charge on any atom is 0.265 e. The van der Waals surface area contributed by atoms with Crippen molar-refractivity contribution in [1.29, 1.82) is 0 Å². The number of carbonyl (C=O) groups is 1. The smallest absolute Gasteiger partial charge is 0.265 e. The van der Waals surface area contributed by atoms with Crippen molar-refractivity contribution in [2.45, 2.75) is 33.3 Å². The van der Waals surface area contributed by atoms with Crippen LogP contribution in [0.2, 0.25) is 0 Å². The molecule has 1 amide bonds. The molecule has 0 aliphatic heterocycles. The standard InChI is InChI=1S/C22H23NO2S/c1-15(2)18-7-9-19(10-8-18)23-22(24)21-12-17(14-26-21)13-25-20-6-4-5-16(3)11-20/h4-12,14-15H,13H2,1-3H3,(H,23,24). The summed E-state index contributed by atoms with van der Waals surface area (Å²) in [6.45, 7) is 6.79. The maximum absolute atomic E-state index is 12.4. The third-order valence-corrected chi connectivity index (χ3v) is 5.09. The van der Waals surface area contributed by atoms with Crippen LogP contribution in [0.4, 0.5) is 5.69 Å². The van der Waals surface area contributed by atoms with Crippen LogP contribution in [0, 0.1) is 6.92 Å². The van der Waals surface area contributed by atoms with Crippen LogP contribution >= 0.6 is 11.3 Å². The Morgan fingerprint density at radius 1 is 1.12 bits per heavy atom. The van der Waals surface area contributed by atoms with Gasteiger partial charge in [-0.25, -0.2) is 0 Å². The van der Waals surface area contributed by atoms with Crippen LogP contribution in [0.25, 0.3) is 0 Å². The molecular weight excluding hydrogens is 342 g/mol. The highest BCUT2D eigenvalue weighted by atomic mass is 32.1. The third kappa shape index (κ3) is 4.73. The van der Waals surface area contributed by atoms with Crippen molar-refractivity contribution >= 4 is 22.9 Å². The molecule has 4 heteroatoms. The first kappa shape index (κ1) is 18.2. The molecule has 0 spiro atoms. The molecule has 0 aliphatic rings. The van der Waals surface area contributed by atoms with Crippen molar-refractivity contribution in [3.05, 3.63) is 81.5 Å². The second-order valence-corrected chi connectivity index (χ2v) is 7.57. The van der Waals surface area contributed by atoms with Crippen LogP contribution in [-0.2, 0) is 6.61 Å². The van der Waals surface area contributed by atoms with Gasteiger partial charge in [0.2, 0.25) is 0 Å². The van der Waals surface area contributed by atoms with E-state index in [0.717, 1.165) is 22.6 Å². The fraction of sp³-hybridized carbons (Fsp3) is 0.227. The summed E-state index contributed by atoms with van der Waals surface area (Å²) in [5, 5.41) is 4.91. The molecule has 3 aromatic rings. The molecule has 3 nitrogen and oxygen atoms in total. The maximum atomic E-state index is 12.4. The zero-order chi connectivity index (χ0) is 18.5. The normalized spacial score (nSPS) is 10.8. The van der Waals surface area contributed by atoms with E-state index in [1.807, 2.05) is 54.8 Å². The molecule has 134 valence electrons. The molecule has 1 N–H and O–H groups in total. The fourth-order valence-electron chi connectivity index (χ4n) is 2.59. The number of anilines is 1. The van der Waals surface area contributed by atoms with Gasteiger partial charge in [0.25, 0.3) is 5.91 Å². The molecule has 0 unspecified atom stereocenters. The topological polar surface area (TPSA) is 38.3 Å². The van der Waals surface area contributed by atoms with E-state index in [4.69, 9.17) is 4.74 Å². The van der Waals surface area contributed by atoms with Crippen molar-refractivity contribution in [1.82, 2.24) is 0 Å². The van der Waals surface area contributed by atoms with Gasteiger partial charge in [-0.1, -0.05) is 38.1 Å². The largest absolute Gasteiger partial charge is 0.489 e. The molecular formula is C22H23NO2S. The Hall–Kier alpha value is -2.59. The summed E-state index contributed by atoms with van der Waals surface area (Å²) >= 11 is 1.43. The average molecular weight is 365 g/mol. The van der Waals surface area contributed by atoms with Gasteiger partial charge in [0, 0.05) is 11.3 Å². The third-order valence-electron chi connectivity index (χ3n) is 4.11. The molecule has 0 bridgehead atoms. The second kappa shape index (κ2) is 8.19. The van der Waals surface area contributed by atoms with E-state index in [1.54, 1.807) is 0 Å². The Kier molecular flexibility index (Phi) is 5.74. The molecule has 0 atom stereocenters. The first-order valence-electron chi connectivity index (χ1n) is 8.69. The molecule has 1 aromatic heterocycles. The molecule has 0 radical (unpaired) electrons. The number of hydrogen-bond donors (Lipinski definition) is 1. The molecule has 0 saturated heterocycles. The number of thiophene rings is 1. The summed E-state index contributed by atoms with van der Waals surface area (Å²) in [7, 11) is 0. The number of nitrogens with one attached hydrogen (secondary N) is 1. The van der Waals surface area contributed by atoms with Crippen molar-refractivity contribution < 1.29 is 9.53 Å². The first-order valence-corrected chi connectivity index (χ1v) is 9.57. The van der Waals surface area contributed by atoms with Crippen LogP contribution in [0.1, 0.15) is 46.1 Å². The van der Waals surface area contributed by atoms with Gasteiger partial charge >= 0.3 is 0 Å². The quantitative estimate of drug-likeness (QED) is 0.581. The van der Waals surface area contributed by atoms with Crippen molar-refractivity contribution in [3.8, 4) is 5.75 Å². The monoisotopic (exact) mass is 365 g/mol. The van der Waals surface area contributed by atoms with Gasteiger partial charge in [0.1, 0.15) is 12.4 Å². The number of rotatable bonds is 6. The molecule has 3 rings (SSSR count). The molecule has 0 saturated carbocycles. The highest BCUT2D eigenvalue weighted by Crippen LogP contribution is 2.21. The molecule has 26 heavy (non-hydrogen) atoms. The molecule has 2 aromatic carbocycles. The summed E-state index contributed by atoms with van der Waals surface area (Å²) in [5.41, 5.74) is 4.23. The number of carbonyl (C=O) groups excluding carboxylic acids is 1. The number of aryl methyl sites for hydroxylation is 1. The summed E-state index contributed by atoms with van der Waals surface area (Å²) in [6.07, 6.45) is 0. The second-order valence-electron chi connectivity index (χ2n) is 6.66. The summed E-state index contributed by atoms with van der Waals surface area (Å²) < 4.78 is 5.79. The zero-order valence-electron chi connectivity index (χ0n) is 15.3. The van der Waals surface area contributed by atoms with Crippen molar-refractivity contribution in [3.63, 3.8) is 0 Å². The van der Waals surface area contributed by atoms with Crippen molar-refractivity contribution in [2.75, 3.05) is 5.32 Å². The number of hydrogen-bond acceptors (Lipinski definition) is 3. The Bertz CT molecular complexity index is 881. The van der Waals surface area contributed by atoms with Crippen LogP contribution < -0.4 is 10.1 Å². The van der Waals surface area contributed by atoms with Crippen LogP contribution in [0.5, 0.6) is 5.75 Å². The van der Waals surface area contributed by atoms with Crippen LogP contribution in [-0.4, -0.2) is 5.91 Å². The van der Waals surface area contributed by atoms with Crippen LogP contribution in [0.3, 0.4) is 0 Å². The van der Waals surface area contributed by atoms with Gasteiger partial charge in [-0.05, 0) is 59.7 Å². The minimum absolute atomic E-state index is 0.0888. The van der Waals surface area contributed by atoms with E-state index in [1.165, 1.54) is 16.9 Å². The van der Waals surface area contributed by atoms with Gasteiger partial charge in [-0.2, -0.15) is 0 Å². The molecule has 1 heterocycles. The van der Waals surface area contributed by atoms with Crippen molar-refractivity contribution in [2.24, 2.45) is 0 Å². The highest BCUT2D eigenvalue weighted by molar-refractivity contribution is 7.12. The minimum atomic E-state index is -0.0888. The predicted octanol–water partition coefficient (Wildman–Crippen LogP) is 6.01. The van der Waals surface area contributed by atoms with Gasteiger partial charge in [-0.3, -0.25) is 4.79 Å². The lowest BCUT2D eigenvalue weighted by atomic mass is 10.0. The van der Waals surface area contributed by atoms with E-state index < -0.39 is 0 Å². The summed E-state index contributed by atoms with van der Waals surface area (Å²) in [6, 6.07) is 17.8. The Balaban J connectivity index is 1.59. The lowest BCUT2D eigenvalue weighted by Crippen LogP contribution is -2.10. The molecule has 0 fully saturated rings. The minimum Gasteiger partial charge on any atom is -0.489 e. The number of amides is 1. The lowest BCUT2D eigenvalue weighted by Gasteiger charge is -2.07. The first-order chi connectivity index (χ1) is 12.5. The van der Waals surface area contributed by atoms with Crippen LogP contribution in [0.15, 0.2) is 60.0 Å². The number of ether oxygens (including phenoxy) is 1. The summed E-state index contributed by atoms with van der Waals surface area (Å²) in [4.78, 5) is 13.1. The van der Waals surface area contributed by atoms with E-state index in [2.05, 4.69) is 31.3 Å². The fourth-order valence-corrected chi connectivity index (χ4v) is 3.38. The highest BCUT2D eigenvalue weighted by Gasteiger charge is 2.10. The zero-order valence-corrected chi connectivity index (χ0v) is 16.1. The van der Waals surface area contributed by atoms with E-state index in [9.17, 15) is 4.79 Å². The van der Waals surface area contributed by atoms with Gasteiger partial charge in [0.15, 0.2) is 0 Å². The average Bonchev–Trinajstić information content (AvgIpc) is 3.10.